The second-order valence-electron chi connectivity index (χ2n) is 3.88. The second-order valence-corrected chi connectivity index (χ2v) is 4.79. The summed E-state index contributed by atoms with van der Waals surface area (Å²) in [5.41, 5.74) is 0.380. The van der Waals surface area contributed by atoms with Crippen molar-refractivity contribution >= 4 is 15.9 Å². The van der Waals surface area contributed by atoms with Crippen LogP contribution in [0.4, 0.5) is 4.39 Å². The van der Waals surface area contributed by atoms with Gasteiger partial charge in [0.05, 0.1) is 6.10 Å². The van der Waals surface area contributed by atoms with Gasteiger partial charge < -0.3 is 5.11 Å². The van der Waals surface area contributed by atoms with Gasteiger partial charge in [-0.15, -0.1) is 0 Å². The van der Waals surface area contributed by atoms with Crippen LogP contribution in [0, 0.1) is 11.7 Å². The SMILES string of the molecule is CCCC(C)C(O)c1cc(Br)ccc1F. The summed E-state index contributed by atoms with van der Waals surface area (Å²) < 4.78 is 14.2. The van der Waals surface area contributed by atoms with E-state index in [-0.39, 0.29) is 11.7 Å². The lowest BCUT2D eigenvalue weighted by Gasteiger charge is -2.19. The van der Waals surface area contributed by atoms with Gasteiger partial charge in [0.25, 0.3) is 0 Å². The lowest BCUT2D eigenvalue weighted by Crippen LogP contribution is -2.10. The first-order valence-corrected chi connectivity index (χ1v) is 5.98. The highest BCUT2D eigenvalue weighted by Gasteiger charge is 2.19. The van der Waals surface area contributed by atoms with Crippen molar-refractivity contribution in [1.29, 1.82) is 0 Å². The minimum absolute atomic E-state index is 0.0822. The van der Waals surface area contributed by atoms with E-state index < -0.39 is 6.10 Å². The molecule has 2 atom stereocenters. The molecular formula is C12H16BrFO. The molecule has 1 N–H and O–H groups in total. The maximum absolute atomic E-state index is 13.4. The zero-order valence-corrected chi connectivity index (χ0v) is 10.6. The lowest BCUT2D eigenvalue weighted by molar-refractivity contribution is 0.108. The van der Waals surface area contributed by atoms with Crippen LogP contribution in [0.25, 0.3) is 0 Å². The Balaban J connectivity index is 2.89. The van der Waals surface area contributed by atoms with E-state index in [1.165, 1.54) is 6.07 Å². The molecule has 15 heavy (non-hydrogen) atoms. The number of aliphatic hydroxyl groups is 1. The molecule has 1 rings (SSSR count). The Morgan fingerprint density at radius 2 is 2.13 bits per heavy atom. The second kappa shape index (κ2) is 5.61. The first-order valence-electron chi connectivity index (χ1n) is 5.19. The minimum Gasteiger partial charge on any atom is -0.388 e. The van der Waals surface area contributed by atoms with E-state index >= 15 is 0 Å². The van der Waals surface area contributed by atoms with Crippen LogP contribution in [0.1, 0.15) is 38.4 Å². The highest BCUT2D eigenvalue weighted by molar-refractivity contribution is 9.10. The van der Waals surface area contributed by atoms with Crippen LogP contribution in [0.5, 0.6) is 0 Å². The van der Waals surface area contributed by atoms with Gasteiger partial charge in [-0.3, -0.25) is 0 Å². The van der Waals surface area contributed by atoms with Gasteiger partial charge in [-0.1, -0.05) is 36.2 Å². The maximum Gasteiger partial charge on any atom is 0.129 e. The Hall–Kier alpha value is -0.410. The van der Waals surface area contributed by atoms with Gasteiger partial charge in [-0.05, 0) is 30.5 Å². The third-order valence-electron chi connectivity index (χ3n) is 2.56. The van der Waals surface area contributed by atoms with Crippen molar-refractivity contribution in [2.45, 2.75) is 32.8 Å². The van der Waals surface area contributed by atoms with Crippen molar-refractivity contribution in [2.75, 3.05) is 0 Å². The van der Waals surface area contributed by atoms with E-state index in [2.05, 4.69) is 22.9 Å². The van der Waals surface area contributed by atoms with Crippen molar-refractivity contribution in [3.63, 3.8) is 0 Å². The molecule has 0 saturated heterocycles. The fraction of sp³-hybridized carbons (Fsp3) is 0.500. The summed E-state index contributed by atoms with van der Waals surface area (Å²) in [6, 6.07) is 4.66. The van der Waals surface area contributed by atoms with Crippen LogP contribution in [0.3, 0.4) is 0 Å². The molecule has 0 aliphatic rings. The van der Waals surface area contributed by atoms with Crippen molar-refractivity contribution in [2.24, 2.45) is 5.92 Å². The van der Waals surface area contributed by atoms with Gasteiger partial charge in [-0.2, -0.15) is 0 Å². The quantitative estimate of drug-likeness (QED) is 0.878. The smallest absolute Gasteiger partial charge is 0.129 e. The standard InChI is InChI=1S/C12H16BrFO/c1-3-4-8(2)12(15)10-7-9(13)5-6-11(10)14/h5-8,12,15H,3-4H2,1-2H3. The summed E-state index contributed by atoms with van der Waals surface area (Å²) in [6.07, 6.45) is 1.17. The summed E-state index contributed by atoms with van der Waals surface area (Å²) in [7, 11) is 0. The summed E-state index contributed by atoms with van der Waals surface area (Å²) in [6.45, 7) is 4.00. The summed E-state index contributed by atoms with van der Waals surface area (Å²) in [5.74, 6) is -0.257. The average Bonchev–Trinajstić information content (AvgIpc) is 2.21. The highest BCUT2D eigenvalue weighted by Crippen LogP contribution is 2.29. The third-order valence-corrected chi connectivity index (χ3v) is 3.05. The molecule has 1 aromatic rings. The molecule has 0 amide bonds. The van der Waals surface area contributed by atoms with Crippen molar-refractivity contribution < 1.29 is 9.50 Å². The molecule has 0 saturated carbocycles. The van der Waals surface area contributed by atoms with Crippen LogP contribution >= 0.6 is 15.9 Å². The molecule has 0 aliphatic heterocycles. The van der Waals surface area contributed by atoms with Crippen LogP contribution in [-0.4, -0.2) is 5.11 Å². The van der Waals surface area contributed by atoms with E-state index in [1.54, 1.807) is 12.1 Å². The van der Waals surface area contributed by atoms with Crippen molar-refractivity contribution in [1.82, 2.24) is 0 Å². The molecule has 0 spiro atoms. The number of hydrogen-bond donors (Lipinski definition) is 1. The number of hydrogen-bond acceptors (Lipinski definition) is 1. The minimum atomic E-state index is -0.720. The van der Waals surface area contributed by atoms with Gasteiger partial charge in [0.15, 0.2) is 0 Å². The largest absolute Gasteiger partial charge is 0.388 e. The normalized spacial score (nSPS) is 15.0. The zero-order chi connectivity index (χ0) is 11.4. The first-order chi connectivity index (χ1) is 7.06. The van der Waals surface area contributed by atoms with Crippen molar-refractivity contribution in [3.8, 4) is 0 Å². The van der Waals surface area contributed by atoms with E-state index in [1.807, 2.05) is 6.92 Å². The predicted molar refractivity (Wildman–Crippen MR) is 63.1 cm³/mol. The Morgan fingerprint density at radius 3 is 2.73 bits per heavy atom. The molecule has 0 fully saturated rings. The van der Waals surface area contributed by atoms with Gasteiger partial charge in [0.1, 0.15) is 5.82 Å². The van der Waals surface area contributed by atoms with Crippen LogP contribution < -0.4 is 0 Å². The zero-order valence-electron chi connectivity index (χ0n) is 9.00. The van der Waals surface area contributed by atoms with Gasteiger partial charge in [-0.25, -0.2) is 4.39 Å². The predicted octanol–water partition coefficient (Wildman–Crippen LogP) is 4.06. The molecule has 2 unspecified atom stereocenters. The van der Waals surface area contributed by atoms with Gasteiger partial charge in [0, 0.05) is 10.0 Å². The van der Waals surface area contributed by atoms with Gasteiger partial charge in [0.2, 0.25) is 0 Å². The molecule has 1 nitrogen and oxygen atoms in total. The average molecular weight is 275 g/mol. The lowest BCUT2D eigenvalue weighted by atomic mass is 9.93. The van der Waals surface area contributed by atoms with Crippen LogP contribution in [0.2, 0.25) is 0 Å². The highest BCUT2D eigenvalue weighted by atomic mass is 79.9. The maximum atomic E-state index is 13.4. The number of halogens is 2. The Kier molecular flexibility index (Phi) is 4.74. The summed E-state index contributed by atoms with van der Waals surface area (Å²) in [4.78, 5) is 0. The fourth-order valence-electron chi connectivity index (χ4n) is 1.66. The van der Waals surface area contributed by atoms with Crippen LogP contribution in [0.15, 0.2) is 22.7 Å². The molecule has 1 aromatic carbocycles. The van der Waals surface area contributed by atoms with E-state index in [0.717, 1.165) is 17.3 Å². The van der Waals surface area contributed by atoms with Gasteiger partial charge >= 0.3 is 0 Å². The molecule has 0 aliphatic carbocycles. The summed E-state index contributed by atoms with van der Waals surface area (Å²) >= 11 is 3.27. The molecule has 3 heteroatoms. The monoisotopic (exact) mass is 274 g/mol. The molecular weight excluding hydrogens is 259 g/mol. The Bertz CT molecular complexity index is 327. The van der Waals surface area contributed by atoms with Crippen LogP contribution in [-0.2, 0) is 0 Å². The Morgan fingerprint density at radius 1 is 1.47 bits per heavy atom. The first kappa shape index (κ1) is 12.7. The Labute approximate surface area is 98.4 Å². The van der Waals surface area contributed by atoms with E-state index in [4.69, 9.17) is 0 Å². The molecule has 0 aromatic heterocycles. The third kappa shape index (κ3) is 3.28. The number of rotatable bonds is 4. The molecule has 0 bridgehead atoms. The number of aliphatic hydroxyl groups excluding tert-OH is 1. The number of benzene rings is 1. The summed E-state index contributed by atoms with van der Waals surface area (Å²) in [5, 5.41) is 9.96. The molecule has 0 radical (unpaired) electrons. The fourth-order valence-corrected chi connectivity index (χ4v) is 2.04. The molecule has 84 valence electrons. The molecule has 0 heterocycles. The topological polar surface area (TPSA) is 20.2 Å². The van der Waals surface area contributed by atoms with E-state index in [0.29, 0.717) is 5.56 Å². The van der Waals surface area contributed by atoms with Crippen molar-refractivity contribution in [3.05, 3.63) is 34.1 Å². The van der Waals surface area contributed by atoms with E-state index in [9.17, 15) is 9.50 Å².